The van der Waals surface area contributed by atoms with Crippen LogP contribution < -0.4 is 20.2 Å². The quantitative estimate of drug-likeness (QED) is 0.201. The van der Waals surface area contributed by atoms with Gasteiger partial charge in [-0.05, 0) is 83.0 Å². The molecule has 0 spiro atoms. The number of nitrogens with one attached hydrogen (secondary N) is 2. The first-order chi connectivity index (χ1) is 16.8. The van der Waals surface area contributed by atoms with Crippen LogP contribution in [0.15, 0.2) is 68.6 Å². The first-order valence-electron chi connectivity index (χ1n) is 10.2. The molecule has 3 aromatic carbocycles. The van der Waals surface area contributed by atoms with Gasteiger partial charge in [-0.3, -0.25) is 9.59 Å². The number of benzene rings is 3. The molecule has 2 N–H and O–H groups in total. The van der Waals surface area contributed by atoms with Crippen molar-refractivity contribution in [2.45, 2.75) is 6.92 Å². The highest BCUT2D eigenvalue weighted by molar-refractivity contribution is 9.10. The molecule has 0 saturated carbocycles. The van der Waals surface area contributed by atoms with Gasteiger partial charge in [-0.25, -0.2) is 5.43 Å². The van der Waals surface area contributed by atoms with Crippen LogP contribution in [-0.4, -0.2) is 31.2 Å². The van der Waals surface area contributed by atoms with Crippen LogP contribution in [0, 0.1) is 0 Å². The lowest BCUT2D eigenvalue weighted by Crippen LogP contribution is -2.20. The maximum absolute atomic E-state index is 12.3. The Morgan fingerprint density at radius 2 is 1.74 bits per heavy atom. The lowest BCUT2D eigenvalue weighted by Gasteiger charge is -2.14. The van der Waals surface area contributed by atoms with Gasteiger partial charge in [-0.1, -0.05) is 39.1 Å². The van der Waals surface area contributed by atoms with Gasteiger partial charge < -0.3 is 14.8 Å². The molecule has 3 rings (SSSR count). The van der Waals surface area contributed by atoms with E-state index in [1.165, 1.54) is 6.21 Å². The highest BCUT2D eigenvalue weighted by Crippen LogP contribution is 2.36. The number of carbonyl (C=O) groups excluding carboxylic acids is 2. The van der Waals surface area contributed by atoms with E-state index in [0.29, 0.717) is 49.4 Å². The molecular weight excluding hydrogens is 625 g/mol. The van der Waals surface area contributed by atoms with Crippen molar-refractivity contribution < 1.29 is 19.1 Å². The topological polar surface area (TPSA) is 89.0 Å². The molecule has 35 heavy (non-hydrogen) atoms. The summed E-state index contributed by atoms with van der Waals surface area (Å²) < 4.78 is 12.8. The minimum atomic E-state index is -0.390. The Hall–Kier alpha value is -2.59. The van der Waals surface area contributed by atoms with Crippen molar-refractivity contribution in [3.8, 4) is 11.5 Å². The van der Waals surface area contributed by atoms with Crippen LogP contribution in [0.5, 0.6) is 11.5 Å². The molecule has 0 aromatic heterocycles. The van der Waals surface area contributed by atoms with Crippen molar-refractivity contribution in [1.29, 1.82) is 0 Å². The zero-order valence-electron chi connectivity index (χ0n) is 18.3. The second kappa shape index (κ2) is 12.9. The third-order valence-electron chi connectivity index (χ3n) is 4.37. The molecule has 7 nitrogen and oxygen atoms in total. The Kier molecular flexibility index (Phi) is 9.97. The van der Waals surface area contributed by atoms with E-state index in [2.05, 4.69) is 47.7 Å². The Morgan fingerprint density at radius 3 is 2.43 bits per heavy atom. The number of anilines is 1. The number of nitrogens with zero attached hydrogens (tertiary/aromatic N) is 1. The number of hydrogen-bond donors (Lipinski definition) is 2. The van der Waals surface area contributed by atoms with Gasteiger partial charge in [0.1, 0.15) is 0 Å². The van der Waals surface area contributed by atoms with Crippen molar-refractivity contribution in [1.82, 2.24) is 5.43 Å². The molecule has 0 aliphatic heterocycles. The van der Waals surface area contributed by atoms with Crippen molar-refractivity contribution in [2.75, 3.05) is 18.5 Å². The number of hydrogen-bond acceptors (Lipinski definition) is 5. The molecule has 0 heterocycles. The maximum atomic E-state index is 12.3. The van der Waals surface area contributed by atoms with E-state index in [-0.39, 0.29) is 18.4 Å². The summed E-state index contributed by atoms with van der Waals surface area (Å²) in [5.41, 5.74) is 4.09. The van der Waals surface area contributed by atoms with Crippen molar-refractivity contribution in [3.63, 3.8) is 0 Å². The summed E-state index contributed by atoms with van der Waals surface area (Å²) in [7, 11) is 0. The molecule has 0 saturated heterocycles. The first-order valence-corrected chi connectivity index (χ1v) is 12.5. The minimum Gasteiger partial charge on any atom is -0.490 e. The molecule has 0 unspecified atom stereocenters. The highest BCUT2D eigenvalue weighted by atomic mass is 79.9. The number of amides is 2. The van der Waals surface area contributed by atoms with Crippen molar-refractivity contribution >= 4 is 78.8 Å². The summed E-state index contributed by atoms with van der Waals surface area (Å²) in [6.07, 6.45) is 1.48. The molecule has 2 amide bonds. The average molecular weight is 644 g/mol. The molecule has 182 valence electrons. The largest absolute Gasteiger partial charge is 0.490 e. The Bertz CT molecular complexity index is 1250. The zero-order chi connectivity index (χ0) is 25.4. The van der Waals surface area contributed by atoms with Crippen LogP contribution in [0.4, 0.5) is 5.69 Å². The lowest BCUT2D eigenvalue weighted by atomic mass is 10.2. The maximum Gasteiger partial charge on any atom is 0.271 e. The fraction of sp³-hybridized carbons (Fsp3) is 0.125. The van der Waals surface area contributed by atoms with Gasteiger partial charge in [0.25, 0.3) is 11.8 Å². The van der Waals surface area contributed by atoms with E-state index < -0.39 is 0 Å². The number of ether oxygens (including phenoxy) is 2. The van der Waals surface area contributed by atoms with Gasteiger partial charge in [0.05, 0.1) is 27.3 Å². The second-order valence-electron chi connectivity index (χ2n) is 6.93. The average Bonchev–Trinajstić information content (AvgIpc) is 2.81. The van der Waals surface area contributed by atoms with E-state index in [1.807, 2.05) is 6.92 Å². The smallest absolute Gasteiger partial charge is 0.271 e. The number of halogens is 4. The van der Waals surface area contributed by atoms with Crippen LogP contribution in [0.25, 0.3) is 0 Å². The normalized spacial score (nSPS) is 10.8. The van der Waals surface area contributed by atoms with Crippen LogP contribution >= 0.6 is 55.1 Å². The van der Waals surface area contributed by atoms with E-state index in [4.69, 9.17) is 32.7 Å². The van der Waals surface area contributed by atoms with Crippen LogP contribution in [0.2, 0.25) is 10.0 Å². The van der Waals surface area contributed by atoms with Crippen LogP contribution in [0.1, 0.15) is 22.8 Å². The van der Waals surface area contributed by atoms with E-state index >= 15 is 0 Å². The fourth-order valence-corrected chi connectivity index (χ4v) is 3.94. The molecule has 3 aromatic rings. The zero-order valence-corrected chi connectivity index (χ0v) is 23.0. The molecule has 0 bridgehead atoms. The van der Waals surface area contributed by atoms with E-state index in [0.717, 1.165) is 4.47 Å². The fourth-order valence-electron chi connectivity index (χ4n) is 2.81. The van der Waals surface area contributed by atoms with Crippen molar-refractivity contribution in [2.24, 2.45) is 5.10 Å². The Balaban J connectivity index is 1.65. The molecule has 0 aliphatic rings. The summed E-state index contributed by atoms with van der Waals surface area (Å²) in [6.45, 7) is 1.93. The van der Waals surface area contributed by atoms with Crippen molar-refractivity contribution in [3.05, 3.63) is 84.7 Å². The summed E-state index contributed by atoms with van der Waals surface area (Å²) in [5.74, 6) is 0.0295. The standard InChI is InChI=1S/C24H19Br2Cl2N3O4/c1-2-34-21-10-14(12-29-31-24(33)15-3-5-16(25)6-4-15)9-18(26)23(21)35-13-22(32)30-17-7-8-19(27)20(28)11-17/h3-12H,2,13H2,1H3,(H,30,32)(H,31,33)/b29-12+. The van der Waals surface area contributed by atoms with Crippen LogP contribution in [-0.2, 0) is 4.79 Å². The third-order valence-corrected chi connectivity index (χ3v) is 6.23. The Morgan fingerprint density at radius 1 is 1.00 bits per heavy atom. The van der Waals surface area contributed by atoms with E-state index in [9.17, 15) is 9.59 Å². The summed E-state index contributed by atoms with van der Waals surface area (Å²) in [6, 6.07) is 15.1. The molecule has 11 heteroatoms. The molecular formula is C24H19Br2Cl2N3O4. The van der Waals surface area contributed by atoms with Gasteiger partial charge in [0.2, 0.25) is 0 Å². The molecule has 0 aliphatic carbocycles. The van der Waals surface area contributed by atoms with Gasteiger partial charge in [-0.2, -0.15) is 5.10 Å². The minimum absolute atomic E-state index is 0.268. The number of carbonyl (C=O) groups is 2. The van der Waals surface area contributed by atoms with Crippen LogP contribution in [0.3, 0.4) is 0 Å². The van der Waals surface area contributed by atoms with Gasteiger partial charge in [0.15, 0.2) is 18.1 Å². The molecule has 0 atom stereocenters. The highest BCUT2D eigenvalue weighted by Gasteiger charge is 2.14. The van der Waals surface area contributed by atoms with Gasteiger partial charge in [-0.15, -0.1) is 0 Å². The number of rotatable bonds is 9. The predicted octanol–water partition coefficient (Wildman–Crippen LogP) is 6.70. The predicted molar refractivity (Wildman–Crippen MR) is 145 cm³/mol. The number of hydrazone groups is 1. The van der Waals surface area contributed by atoms with Gasteiger partial charge >= 0.3 is 0 Å². The summed E-state index contributed by atoms with van der Waals surface area (Å²) in [5, 5.41) is 7.42. The van der Waals surface area contributed by atoms with Gasteiger partial charge in [0, 0.05) is 15.7 Å². The second-order valence-corrected chi connectivity index (χ2v) is 9.52. The third kappa shape index (κ3) is 7.96. The lowest BCUT2D eigenvalue weighted by molar-refractivity contribution is -0.118. The van der Waals surface area contributed by atoms with E-state index in [1.54, 1.807) is 54.6 Å². The molecule has 0 radical (unpaired) electrons. The molecule has 0 fully saturated rings. The Labute approximate surface area is 229 Å². The summed E-state index contributed by atoms with van der Waals surface area (Å²) in [4.78, 5) is 24.5. The SMILES string of the molecule is CCOc1cc(/C=N/NC(=O)c2ccc(Br)cc2)cc(Br)c1OCC(=O)Nc1ccc(Cl)c(Cl)c1. The summed E-state index contributed by atoms with van der Waals surface area (Å²) >= 11 is 18.6. The monoisotopic (exact) mass is 641 g/mol. The first kappa shape index (κ1) is 27.0.